The molecule has 0 spiro atoms. The van der Waals surface area contributed by atoms with Crippen LogP contribution in [0.25, 0.3) is 0 Å². The van der Waals surface area contributed by atoms with Crippen LogP contribution in [0.1, 0.15) is 24.6 Å². The smallest absolute Gasteiger partial charge is 0.135 e. The number of anilines is 2. The Morgan fingerprint density at radius 1 is 1.06 bits per heavy atom. The van der Waals surface area contributed by atoms with Crippen LogP contribution >= 0.6 is 31.9 Å². The first kappa shape index (κ1) is 12.1. The molecule has 0 radical (unpaired) electrons. The molecule has 0 bridgehead atoms. The van der Waals surface area contributed by atoms with Gasteiger partial charge in [-0.25, -0.2) is 9.97 Å². The highest BCUT2D eigenvalue weighted by Crippen LogP contribution is 2.39. The molecule has 0 atom stereocenters. The van der Waals surface area contributed by atoms with Crippen molar-refractivity contribution in [3.05, 3.63) is 45.2 Å². The molecule has 1 aliphatic carbocycles. The Morgan fingerprint density at radius 3 is 2.44 bits per heavy atom. The second kappa shape index (κ2) is 4.97. The van der Waals surface area contributed by atoms with Gasteiger partial charge in [0.2, 0.25) is 0 Å². The van der Waals surface area contributed by atoms with E-state index in [1.54, 1.807) is 0 Å². The van der Waals surface area contributed by atoms with Crippen molar-refractivity contribution in [1.29, 1.82) is 0 Å². The van der Waals surface area contributed by atoms with Gasteiger partial charge in [0.05, 0.1) is 0 Å². The summed E-state index contributed by atoms with van der Waals surface area (Å²) in [7, 11) is 0. The predicted octanol–water partition coefficient (Wildman–Crippen LogP) is 4.62. The molecule has 1 N–H and O–H groups in total. The van der Waals surface area contributed by atoms with E-state index in [0.29, 0.717) is 5.92 Å². The highest BCUT2D eigenvalue weighted by Gasteiger charge is 2.27. The summed E-state index contributed by atoms with van der Waals surface area (Å²) in [6.07, 6.45) is 2.41. The molecule has 5 heteroatoms. The van der Waals surface area contributed by atoms with E-state index in [0.717, 1.165) is 26.4 Å². The monoisotopic (exact) mass is 367 g/mol. The molecule has 0 aliphatic heterocycles. The molecule has 0 amide bonds. The van der Waals surface area contributed by atoms with Crippen molar-refractivity contribution in [2.45, 2.75) is 18.8 Å². The lowest BCUT2D eigenvalue weighted by Crippen LogP contribution is -1.99. The number of benzene rings is 1. The molecule has 0 unspecified atom stereocenters. The van der Waals surface area contributed by atoms with Crippen LogP contribution in [0.15, 0.2) is 39.4 Å². The first-order valence-electron chi connectivity index (χ1n) is 5.78. The van der Waals surface area contributed by atoms with Crippen LogP contribution in [0.4, 0.5) is 11.5 Å². The highest BCUT2D eigenvalue weighted by molar-refractivity contribution is 9.10. The lowest BCUT2D eigenvalue weighted by atomic mass is 10.3. The fraction of sp³-hybridized carbons (Fsp3) is 0.231. The molecule has 1 aromatic heterocycles. The Balaban J connectivity index is 1.85. The number of halogens is 2. The minimum absolute atomic E-state index is 0.549. The molecule has 18 heavy (non-hydrogen) atoms. The van der Waals surface area contributed by atoms with Gasteiger partial charge in [-0.1, -0.05) is 15.9 Å². The van der Waals surface area contributed by atoms with Crippen LogP contribution in [0, 0.1) is 0 Å². The van der Waals surface area contributed by atoms with E-state index in [1.165, 1.54) is 12.8 Å². The molecule has 0 saturated heterocycles. The third-order valence-corrected chi connectivity index (χ3v) is 3.71. The number of nitrogens with zero attached hydrogens (tertiary/aromatic N) is 2. The molecule has 2 aromatic rings. The van der Waals surface area contributed by atoms with Crippen molar-refractivity contribution in [1.82, 2.24) is 9.97 Å². The van der Waals surface area contributed by atoms with Crippen molar-refractivity contribution in [2.24, 2.45) is 0 Å². The molecule has 92 valence electrons. The van der Waals surface area contributed by atoms with Gasteiger partial charge in [-0.15, -0.1) is 0 Å². The van der Waals surface area contributed by atoms with Crippen molar-refractivity contribution in [2.75, 3.05) is 5.32 Å². The van der Waals surface area contributed by atoms with Gasteiger partial charge in [-0.05, 0) is 53.0 Å². The number of hydrogen-bond donors (Lipinski definition) is 1. The molecular weight excluding hydrogens is 358 g/mol. The molecule has 1 saturated carbocycles. The zero-order chi connectivity index (χ0) is 12.5. The number of rotatable bonds is 3. The average Bonchev–Trinajstić information content (AvgIpc) is 3.15. The van der Waals surface area contributed by atoms with Crippen LogP contribution in [0.2, 0.25) is 0 Å². The van der Waals surface area contributed by atoms with Crippen LogP contribution in [0.3, 0.4) is 0 Å². The number of aromatic nitrogens is 2. The maximum absolute atomic E-state index is 4.55. The second-order valence-electron chi connectivity index (χ2n) is 4.34. The summed E-state index contributed by atoms with van der Waals surface area (Å²) >= 11 is 6.86. The quantitative estimate of drug-likeness (QED) is 0.803. The van der Waals surface area contributed by atoms with E-state index >= 15 is 0 Å². The lowest BCUT2D eigenvalue weighted by molar-refractivity contribution is 0.919. The van der Waals surface area contributed by atoms with Gasteiger partial charge in [-0.2, -0.15) is 0 Å². The van der Waals surface area contributed by atoms with Gasteiger partial charge < -0.3 is 5.32 Å². The van der Waals surface area contributed by atoms with Crippen LogP contribution in [-0.2, 0) is 0 Å². The van der Waals surface area contributed by atoms with E-state index in [2.05, 4.69) is 47.1 Å². The number of nitrogens with one attached hydrogen (secondary N) is 1. The minimum atomic E-state index is 0.549. The Bertz CT molecular complexity index is 565. The van der Waals surface area contributed by atoms with Gasteiger partial charge >= 0.3 is 0 Å². The first-order valence-corrected chi connectivity index (χ1v) is 7.36. The number of hydrogen-bond acceptors (Lipinski definition) is 3. The molecule has 3 nitrogen and oxygen atoms in total. The summed E-state index contributed by atoms with van der Waals surface area (Å²) in [6.45, 7) is 0. The van der Waals surface area contributed by atoms with Crippen molar-refractivity contribution < 1.29 is 0 Å². The summed E-state index contributed by atoms with van der Waals surface area (Å²) in [5.41, 5.74) is 1.02. The van der Waals surface area contributed by atoms with Crippen LogP contribution in [-0.4, -0.2) is 9.97 Å². The SMILES string of the molecule is Brc1ccc(Nc2cc(Br)nc(C3CC3)n2)cc1. The van der Waals surface area contributed by atoms with Crippen molar-refractivity contribution >= 4 is 43.4 Å². The van der Waals surface area contributed by atoms with E-state index < -0.39 is 0 Å². The van der Waals surface area contributed by atoms with E-state index in [4.69, 9.17) is 0 Å². The summed E-state index contributed by atoms with van der Waals surface area (Å²) in [5.74, 6) is 2.32. The summed E-state index contributed by atoms with van der Waals surface area (Å²) in [6, 6.07) is 9.92. The van der Waals surface area contributed by atoms with Crippen molar-refractivity contribution in [3.63, 3.8) is 0 Å². The summed E-state index contributed by atoms with van der Waals surface area (Å²) in [4.78, 5) is 8.96. The molecule has 3 rings (SSSR count). The normalized spacial score (nSPS) is 14.6. The van der Waals surface area contributed by atoms with E-state index in [-0.39, 0.29) is 0 Å². The van der Waals surface area contributed by atoms with Gasteiger partial charge in [0.15, 0.2) is 0 Å². The molecule has 1 aromatic carbocycles. The fourth-order valence-electron chi connectivity index (χ4n) is 1.70. The third kappa shape index (κ3) is 2.90. The predicted molar refractivity (Wildman–Crippen MR) is 79.1 cm³/mol. The third-order valence-electron chi connectivity index (χ3n) is 2.77. The lowest BCUT2D eigenvalue weighted by Gasteiger charge is -2.07. The Morgan fingerprint density at radius 2 is 1.78 bits per heavy atom. The maximum atomic E-state index is 4.55. The maximum Gasteiger partial charge on any atom is 0.135 e. The van der Waals surface area contributed by atoms with E-state index in [1.807, 2.05) is 30.3 Å². The van der Waals surface area contributed by atoms with Crippen LogP contribution < -0.4 is 5.32 Å². The van der Waals surface area contributed by atoms with Gasteiger partial charge in [-0.3, -0.25) is 0 Å². The Hall–Kier alpha value is -0.940. The topological polar surface area (TPSA) is 37.8 Å². The standard InChI is InChI=1S/C13H11Br2N3/c14-9-3-5-10(6-4-9)16-12-7-11(15)17-13(18-12)8-1-2-8/h3-8H,1-2H2,(H,16,17,18). The average molecular weight is 369 g/mol. The fourth-order valence-corrected chi connectivity index (χ4v) is 2.37. The minimum Gasteiger partial charge on any atom is -0.340 e. The molecular formula is C13H11Br2N3. The van der Waals surface area contributed by atoms with Gasteiger partial charge in [0.25, 0.3) is 0 Å². The van der Waals surface area contributed by atoms with Crippen molar-refractivity contribution in [3.8, 4) is 0 Å². The first-order chi connectivity index (χ1) is 8.70. The summed E-state index contributed by atoms with van der Waals surface area (Å²) in [5, 5.41) is 3.29. The summed E-state index contributed by atoms with van der Waals surface area (Å²) < 4.78 is 1.90. The van der Waals surface area contributed by atoms with Gasteiger partial charge in [0.1, 0.15) is 16.2 Å². The molecule has 1 aliphatic rings. The van der Waals surface area contributed by atoms with Crippen LogP contribution in [0.5, 0.6) is 0 Å². The molecule has 1 heterocycles. The zero-order valence-corrected chi connectivity index (χ0v) is 12.7. The second-order valence-corrected chi connectivity index (χ2v) is 6.07. The Kier molecular flexibility index (Phi) is 3.35. The zero-order valence-electron chi connectivity index (χ0n) is 9.53. The molecule has 1 fully saturated rings. The largest absolute Gasteiger partial charge is 0.340 e. The van der Waals surface area contributed by atoms with E-state index in [9.17, 15) is 0 Å². The van der Waals surface area contributed by atoms with Gasteiger partial charge in [0, 0.05) is 22.1 Å². The Labute approximate surface area is 122 Å². The highest BCUT2D eigenvalue weighted by atomic mass is 79.9.